The first-order valence-corrected chi connectivity index (χ1v) is 10.7. The third-order valence-electron chi connectivity index (χ3n) is 5.05. The number of benzene rings is 2. The van der Waals surface area contributed by atoms with E-state index in [-0.39, 0.29) is 12.1 Å². The standard InChI is InChI=1S/C24H17FN4O2S/c1-14-10-18(15-6-3-2-4-7-15)20-21-22(32-23(20)27-14)24(31)29(13-26-21)12-19(30)28-17-9-5-8-16(25)11-17/h2-11,13H,12H2,1H3,(H,28,30). The van der Waals surface area contributed by atoms with Gasteiger partial charge in [0.05, 0.1) is 11.8 Å². The number of rotatable bonds is 4. The van der Waals surface area contributed by atoms with E-state index in [1.54, 1.807) is 6.07 Å². The molecule has 5 rings (SSSR count). The van der Waals surface area contributed by atoms with Gasteiger partial charge in [-0.25, -0.2) is 14.4 Å². The number of hydrogen-bond donors (Lipinski definition) is 1. The van der Waals surface area contributed by atoms with Gasteiger partial charge in [-0.3, -0.25) is 14.2 Å². The molecule has 0 bridgehead atoms. The van der Waals surface area contributed by atoms with E-state index in [0.717, 1.165) is 27.0 Å². The van der Waals surface area contributed by atoms with Crippen LogP contribution in [0.4, 0.5) is 10.1 Å². The molecule has 0 aliphatic carbocycles. The molecule has 0 aliphatic heterocycles. The van der Waals surface area contributed by atoms with Gasteiger partial charge in [0.25, 0.3) is 5.56 Å². The van der Waals surface area contributed by atoms with Crippen molar-refractivity contribution in [3.63, 3.8) is 0 Å². The predicted octanol–water partition coefficient (Wildman–Crippen LogP) is 4.76. The Kier molecular flexibility index (Phi) is 4.99. The second-order valence-electron chi connectivity index (χ2n) is 7.37. The lowest BCUT2D eigenvalue weighted by Crippen LogP contribution is -2.27. The number of amides is 1. The fourth-order valence-corrected chi connectivity index (χ4v) is 4.81. The first-order valence-electron chi connectivity index (χ1n) is 9.90. The van der Waals surface area contributed by atoms with Gasteiger partial charge in [-0.1, -0.05) is 36.4 Å². The van der Waals surface area contributed by atoms with Crippen LogP contribution in [0.3, 0.4) is 0 Å². The highest BCUT2D eigenvalue weighted by molar-refractivity contribution is 7.25. The van der Waals surface area contributed by atoms with Gasteiger partial charge in [0, 0.05) is 16.8 Å². The minimum Gasteiger partial charge on any atom is -0.324 e. The number of thiophene rings is 1. The maximum absolute atomic E-state index is 13.3. The number of hydrogen-bond acceptors (Lipinski definition) is 5. The molecule has 0 saturated heterocycles. The Hall–Kier alpha value is -3.91. The highest BCUT2D eigenvalue weighted by atomic mass is 32.1. The third kappa shape index (κ3) is 3.65. The number of carbonyl (C=O) groups excluding carboxylic acids is 1. The number of fused-ring (bicyclic) bond motifs is 3. The van der Waals surface area contributed by atoms with Crippen molar-refractivity contribution >= 4 is 43.4 Å². The summed E-state index contributed by atoms with van der Waals surface area (Å²) < 4.78 is 15.0. The van der Waals surface area contributed by atoms with Crippen molar-refractivity contribution in [3.05, 3.63) is 88.9 Å². The summed E-state index contributed by atoms with van der Waals surface area (Å²) in [6, 6.07) is 17.5. The van der Waals surface area contributed by atoms with Gasteiger partial charge >= 0.3 is 0 Å². The van der Waals surface area contributed by atoms with Crippen LogP contribution in [0, 0.1) is 12.7 Å². The van der Waals surface area contributed by atoms with Crippen LogP contribution in [0.25, 0.3) is 31.6 Å². The number of halogens is 1. The first-order chi connectivity index (χ1) is 15.5. The highest BCUT2D eigenvalue weighted by Crippen LogP contribution is 2.37. The van der Waals surface area contributed by atoms with Crippen LogP contribution < -0.4 is 10.9 Å². The topological polar surface area (TPSA) is 76.9 Å². The number of anilines is 1. The van der Waals surface area contributed by atoms with Crippen molar-refractivity contribution in [2.75, 3.05) is 5.32 Å². The van der Waals surface area contributed by atoms with Gasteiger partial charge in [-0.2, -0.15) is 0 Å². The number of pyridine rings is 1. The molecule has 5 aromatic rings. The van der Waals surface area contributed by atoms with E-state index in [1.165, 1.54) is 40.4 Å². The monoisotopic (exact) mass is 444 g/mol. The molecule has 32 heavy (non-hydrogen) atoms. The predicted molar refractivity (Wildman–Crippen MR) is 124 cm³/mol. The maximum Gasteiger partial charge on any atom is 0.271 e. The van der Waals surface area contributed by atoms with E-state index in [0.29, 0.717) is 15.9 Å². The normalized spacial score (nSPS) is 11.2. The Balaban J connectivity index is 1.56. The SMILES string of the molecule is Cc1cc(-c2ccccc2)c2c(n1)sc1c(=O)n(CC(=O)Nc3cccc(F)c3)cnc12. The molecule has 2 aromatic carbocycles. The van der Waals surface area contributed by atoms with E-state index >= 15 is 0 Å². The van der Waals surface area contributed by atoms with Crippen LogP contribution >= 0.6 is 11.3 Å². The number of carbonyl (C=O) groups is 1. The molecule has 1 N–H and O–H groups in total. The van der Waals surface area contributed by atoms with Crippen LogP contribution in [-0.4, -0.2) is 20.4 Å². The van der Waals surface area contributed by atoms with Crippen LogP contribution in [0.15, 0.2) is 71.8 Å². The average molecular weight is 444 g/mol. The lowest BCUT2D eigenvalue weighted by atomic mass is 10.0. The summed E-state index contributed by atoms with van der Waals surface area (Å²) >= 11 is 1.27. The fourth-order valence-electron chi connectivity index (χ4n) is 3.66. The molecule has 0 spiro atoms. The minimum atomic E-state index is -0.453. The summed E-state index contributed by atoms with van der Waals surface area (Å²) in [6.45, 7) is 1.68. The Bertz CT molecular complexity index is 1540. The molecule has 1 amide bonds. The van der Waals surface area contributed by atoms with E-state index in [2.05, 4.69) is 15.3 Å². The molecule has 0 saturated carbocycles. The molecule has 0 atom stereocenters. The third-order valence-corrected chi connectivity index (χ3v) is 6.11. The van der Waals surface area contributed by atoms with E-state index < -0.39 is 11.7 Å². The molecule has 0 fully saturated rings. The maximum atomic E-state index is 13.3. The van der Waals surface area contributed by atoms with Crippen molar-refractivity contribution in [2.24, 2.45) is 0 Å². The van der Waals surface area contributed by atoms with E-state index in [4.69, 9.17) is 0 Å². The smallest absolute Gasteiger partial charge is 0.271 e. The zero-order valence-electron chi connectivity index (χ0n) is 17.0. The average Bonchev–Trinajstić information content (AvgIpc) is 3.15. The Labute approximate surface area is 186 Å². The van der Waals surface area contributed by atoms with E-state index in [1.807, 2.05) is 43.3 Å². The summed E-state index contributed by atoms with van der Waals surface area (Å²) in [7, 11) is 0. The molecule has 3 heterocycles. The number of aryl methyl sites for hydroxylation is 1. The fraction of sp³-hybridized carbons (Fsp3) is 0.0833. The zero-order valence-corrected chi connectivity index (χ0v) is 17.8. The van der Waals surface area contributed by atoms with Crippen LogP contribution in [0.5, 0.6) is 0 Å². The molecule has 0 unspecified atom stereocenters. The summed E-state index contributed by atoms with van der Waals surface area (Å²) in [5, 5.41) is 3.42. The molecule has 158 valence electrons. The largest absolute Gasteiger partial charge is 0.324 e. The lowest BCUT2D eigenvalue weighted by Gasteiger charge is -2.08. The summed E-state index contributed by atoms with van der Waals surface area (Å²) in [4.78, 5) is 35.4. The highest BCUT2D eigenvalue weighted by Gasteiger charge is 2.18. The molecule has 0 radical (unpaired) electrons. The van der Waals surface area contributed by atoms with Gasteiger partial charge < -0.3 is 5.32 Å². The zero-order chi connectivity index (χ0) is 22.2. The Morgan fingerprint density at radius 3 is 2.72 bits per heavy atom. The number of aromatic nitrogens is 3. The molecule has 0 aliphatic rings. The van der Waals surface area contributed by atoms with Crippen molar-refractivity contribution < 1.29 is 9.18 Å². The van der Waals surface area contributed by atoms with Gasteiger partial charge in [0.1, 0.15) is 21.9 Å². The van der Waals surface area contributed by atoms with Crippen LogP contribution in [0.1, 0.15) is 5.69 Å². The van der Waals surface area contributed by atoms with Gasteiger partial charge in [0.15, 0.2) is 0 Å². The van der Waals surface area contributed by atoms with Crippen LogP contribution in [0.2, 0.25) is 0 Å². The quantitative estimate of drug-likeness (QED) is 0.434. The van der Waals surface area contributed by atoms with Crippen molar-refractivity contribution in [2.45, 2.75) is 13.5 Å². The summed E-state index contributed by atoms with van der Waals surface area (Å²) in [5.41, 5.74) is 3.41. The van der Waals surface area contributed by atoms with Crippen molar-refractivity contribution in [1.82, 2.24) is 14.5 Å². The van der Waals surface area contributed by atoms with Crippen molar-refractivity contribution in [3.8, 4) is 11.1 Å². The van der Waals surface area contributed by atoms with E-state index in [9.17, 15) is 14.0 Å². The lowest BCUT2D eigenvalue weighted by molar-refractivity contribution is -0.116. The van der Waals surface area contributed by atoms with Crippen molar-refractivity contribution in [1.29, 1.82) is 0 Å². The summed E-state index contributed by atoms with van der Waals surface area (Å²) in [6.07, 6.45) is 1.37. The molecular formula is C24H17FN4O2S. The van der Waals surface area contributed by atoms with Crippen LogP contribution in [-0.2, 0) is 11.3 Å². The summed E-state index contributed by atoms with van der Waals surface area (Å²) in [5.74, 6) is -0.899. The number of nitrogens with one attached hydrogen (secondary N) is 1. The Morgan fingerprint density at radius 1 is 1.12 bits per heavy atom. The van der Waals surface area contributed by atoms with Gasteiger partial charge in [0.2, 0.25) is 5.91 Å². The minimum absolute atomic E-state index is 0.232. The molecule has 6 nitrogen and oxygen atoms in total. The second-order valence-corrected chi connectivity index (χ2v) is 8.37. The molecular weight excluding hydrogens is 427 g/mol. The van der Waals surface area contributed by atoms with Gasteiger partial charge in [-0.05, 0) is 42.3 Å². The first kappa shape index (κ1) is 20.0. The Morgan fingerprint density at radius 2 is 1.94 bits per heavy atom. The number of nitrogens with zero attached hydrogens (tertiary/aromatic N) is 3. The second kappa shape index (κ2) is 7.97. The molecule has 8 heteroatoms. The molecule has 3 aromatic heterocycles. The van der Waals surface area contributed by atoms with Gasteiger partial charge in [-0.15, -0.1) is 11.3 Å².